The van der Waals surface area contributed by atoms with E-state index in [0.717, 1.165) is 30.6 Å². The molecule has 0 aliphatic carbocycles. The van der Waals surface area contributed by atoms with Crippen LogP contribution >= 0.6 is 0 Å². The molecule has 1 saturated heterocycles. The van der Waals surface area contributed by atoms with E-state index in [9.17, 15) is 8.42 Å². The third-order valence-electron chi connectivity index (χ3n) is 4.54. The molecule has 0 radical (unpaired) electrons. The Hall–Kier alpha value is -2.45. The molecule has 0 saturated carbocycles. The van der Waals surface area contributed by atoms with Crippen molar-refractivity contribution < 1.29 is 8.42 Å². The van der Waals surface area contributed by atoms with Gasteiger partial charge in [0.05, 0.1) is 5.69 Å². The van der Waals surface area contributed by atoms with Gasteiger partial charge >= 0.3 is 0 Å². The Bertz CT molecular complexity index is 959. The highest BCUT2D eigenvalue weighted by Gasteiger charge is 2.27. The first-order valence-electron chi connectivity index (χ1n) is 8.76. The second-order valence-corrected chi connectivity index (χ2v) is 8.30. The van der Waals surface area contributed by atoms with Crippen molar-refractivity contribution in [2.75, 3.05) is 25.0 Å². The number of sulfonamides is 1. The first-order valence-corrected chi connectivity index (χ1v) is 10.2. The quantitative estimate of drug-likeness (QED) is 0.718. The van der Waals surface area contributed by atoms with Crippen LogP contribution in [0.4, 0.5) is 5.82 Å². The van der Waals surface area contributed by atoms with Crippen molar-refractivity contribution in [3.8, 4) is 0 Å². The Morgan fingerprint density at radius 3 is 2.69 bits per heavy atom. The molecule has 4 rings (SSSR count). The summed E-state index contributed by atoms with van der Waals surface area (Å²) >= 11 is 0. The number of pyridine rings is 2. The molecule has 136 valence electrons. The van der Waals surface area contributed by atoms with Crippen LogP contribution < -0.4 is 5.32 Å². The van der Waals surface area contributed by atoms with Gasteiger partial charge in [-0.15, -0.1) is 0 Å². The molecule has 1 fully saturated rings. The van der Waals surface area contributed by atoms with E-state index in [1.165, 1.54) is 10.5 Å². The highest BCUT2D eigenvalue weighted by atomic mass is 32.2. The molecule has 0 amide bonds. The summed E-state index contributed by atoms with van der Waals surface area (Å²) in [5.41, 5.74) is 1.93. The number of rotatable bonds is 6. The van der Waals surface area contributed by atoms with Gasteiger partial charge in [0.15, 0.2) is 0 Å². The van der Waals surface area contributed by atoms with Gasteiger partial charge < -0.3 is 9.72 Å². The second kappa shape index (κ2) is 7.05. The molecule has 0 spiro atoms. The first-order chi connectivity index (χ1) is 12.6. The Labute approximate surface area is 152 Å². The predicted molar refractivity (Wildman–Crippen MR) is 99.6 cm³/mol. The Kier molecular flexibility index (Phi) is 4.60. The molecule has 8 heteroatoms. The molecule has 3 aromatic rings. The van der Waals surface area contributed by atoms with Gasteiger partial charge in [0.2, 0.25) is 10.0 Å². The van der Waals surface area contributed by atoms with Crippen molar-refractivity contribution >= 4 is 21.5 Å². The number of nitrogens with one attached hydrogen (secondary N) is 1. The van der Waals surface area contributed by atoms with Gasteiger partial charge in [0, 0.05) is 44.6 Å². The zero-order chi connectivity index (χ0) is 18.0. The summed E-state index contributed by atoms with van der Waals surface area (Å²) in [7, 11) is -3.40. The van der Waals surface area contributed by atoms with Gasteiger partial charge in [-0.05, 0) is 37.1 Å². The van der Waals surface area contributed by atoms with Crippen molar-refractivity contribution in [2.24, 2.45) is 0 Å². The molecule has 0 bridgehead atoms. The Morgan fingerprint density at radius 1 is 1.12 bits per heavy atom. The standard InChI is InChI=1S/C18H21N5O2S/c24-26(25,23-11-3-4-12-23)16-6-7-17(20-13-16)19-9-8-15-14-22-10-2-1-5-18(22)21-15/h1-2,5-7,10,13-14H,3-4,8-9,11-12H2,(H,19,20). The minimum Gasteiger partial charge on any atom is -0.370 e. The summed E-state index contributed by atoms with van der Waals surface area (Å²) in [6.07, 6.45) is 8.03. The maximum Gasteiger partial charge on any atom is 0.244 e. The Balaban J connectivity index is 1.37. The number of hydrogen-bond acceptors (Lipinski definition) is 5. The Morgan fingerprint density at radius 2 is 1.96 bits per heavy atom. The maximum atomic E-state index is 12.5. The lowest BCUT2D eigenvalue weighted by atomic mass is 10.3. The van der Waals surface area contributed by atoms with Crippen LogP contribution in [-0.2, 0) is 16.4 Å². The number of anilines is 1. The van der Waals surface area contributed by atoms with Gasteiger partial charge in [-0.2, -0.15) is 4.31 Å². The van der Waals surface area contributed by atoms with E-state index in [4.69, 9.17) is 0 Å². The topological polar surface area (TPSA) is 79.6 Å². The van der Waals surface area contributed by atoms with Crippen LogP contribution in [0.25, 0.3) is 5.65 Å². The number of aromatic nitrogens is 3. The molecule has 0 atom stereocenters. The summed E-state index contributed by atoms with van der Waals surface area (Å²) in [5, 5.41) is 3.22. The molecule has 1 aliphatic rings. The van der Waals surface area contributed by atoms with Crippen LogP contribution in [0.3, 0.4) is 0 Å². The monoisotopic (exact) mass is 371 g/mol. The fraction of sp³-hybridized carbons (Fsp3) is 0.333. The average molecular weight is 371 g/mol. The predicted octanol–water partition coefficient (Wildman–Crippen LogP) is 2.17. The van der Waals surface area contributed by atoms with Gasteiger partial charge in [-0.25, -0.2) is 18.4 Å². The largest absolute Gasteiger partial charge is 0.370 e. The van der Waals surface area contributed by atoms with Gasteiger partial charge in [-0.3, -0.25) is 0 Å². The van der Waals surface area contributed by atoms with Gasteiger partial charge in [0.1, 0.15) is 16.4 Å². The summed E-state index contributed by atoms with van der Waals surface area (Å²) in [6, 6.07) is 9.24. The van der Waals surface area contributed by atoms with Gasteiger partial charge in [-0.1, -0.05) is 6.07 Å². The van der Waals surface area contributed by atoms with Crippen molar-refractivity contribution in [2.45, 2.75) is 24.2 Å². The fourth-order valence-electron chi connectivity index (χ4n) is 3.14. The van der Waals surface area contributed by atoms with E-state index < -0.39 is 10.0 Å². The summed E-state index contributed by atoms with van der Waals surface area (Å²) in [6.45, 7) is 1.87. The molecule has 1 N–H and O–H groups in total. The van der Waals surface area contributed by atoms with Crippen molar-refractivity contribution in [3.63, 3.8) is 0 Å². The molecule has 26 heavy (non-hydrogen) atoms. The van der Waals surface area contributed by atoms with Crippen LogP contribution in [0.5, 0.6) is 0 Å². The molecule has 1 aliphatic heterocycles. The fourth-order valence-corrected chi connectivity index (χ4v) is 4.60. The molecule has 3 aromatic heterocycles. The number of nitrogens with zero attached hydrogens (tertiary/aromatic N) is 4. The van der Waals surface area contributed by atoms with Crippen LogP contribution in [0.1, 0.15) is 18.5 Å². The van der Waals surface area contributed by atoms with Crippen LogP contribution in [0.2, 0.25) is 0 Å². The van der Waals surface area contributed by atoms with Crippen molar-refractivity contribution in [1.82, 2.24) is 18.7 Å². The number of fused-ring (bicyclic) bond motifs is 1. The highest BCUT2D eigenvalue weighted by molar-refractivity contribution is 7.89. The molecular weight excluding hydrogens is 350 g/mol. The minimum absolute atomic E-state index is 0.255. The summed E-state index contributed by atoms with van der Waals surface area (Å²) in [5.74, 6) is 0.661. The van der Waals surface area contributed by atoms with Crippen LogP contribution in [0, 0.1) is 0 Å². The van der Waals surface area contributed by atoms with E-state index in [1.807, 2.05) is 35.0 Å². The summed E-state index contributed by atoms with van der Waals surface area (Å²) < 4.78 is 28.5. The van der Waals surface area contributed by atoms with E-state index in [2.05, 4.69) is 15.3 Å². The molecule has 7 nitrogen and oxygen atoms in total. The van der Waals surface area contributed by atoms with Crippen molar-refractivity contribution in [1.29, 1.82) is 0 Å². The normalized spacial score (nSPS) is 15.5. The minimum atomic E-state index is -3.40. The zero-order valence-corrected chi connectivity index (χ0v) is 15.2. The lowest BCUT2D eigenvalue weighted by molar-refractivity contribution is 0.477. The third kappa shape index (κ3) is 3.42. The number of hydrogen-bond donors (Lipinski definition) is 1. The number of imidazole rings is 1. The second-order valence-electron chi connectivity index (χ2n) is 6.37. The lowest BCUT2D eigenvalue weighted by Crippen LogP contribution is -2.27. The maximum absolute atomic E-state index is 12.5. The van der Waals surface area contributed by atoms with E-state index in [-0.39, 0.29) is 4.90 Å². The van der Waals surface area contributed by atoms with Crippen molar-refractivity contribution in [3.05, 3.63) is 54.6 Å². The molecule has 0 unspecified atom stereocenters. The van der Waals surface area contributed by atoms with E-state index in [0.29, 0.717) is 25.5 Å². The van der Waals surface area contributed by atoms with Crippen LogP contribution in [0.15, 0.2) is 53.8 Å². The smallest absolute Gasteiger partial charge is 0.244 e. The molecule has 0 aromatic carbocycles. The molecular formula is C18H21N5O2S. The molecule has 4 heterocycles. The first kappa shape index (κ1) is 17.0. The third-order valence-corrected chi connectivity index (χ3v) is 6.42. The van der Waals surface area contributed by atoms with Gasteiger partial charge in [0.25, 0.3) is 0 Å². The van der Waals surface area contributed by atoms with E-state index >= 15 is 0 Å². The zero-order valence-electron chi connectivity index (χ0n) is 14.4. The highest BCUT2D eigenvalue weighted by Crippen LogP contribution is 2.20. The SMILES string of the molecule is O=S(=O)(c1ccc(NCCc2cn3ccccc3n2)nc1)N1CCCC1. The average Bonchev–Trinajstić information content (AvgIpc) is 3.32. The lowest BCUT2D eigenvalue weighted by Gasteiger charge is -2.15. The summed E-state index contributed by atoms with van der Waals surface area (Å²) in [4.78, 5) is 9.05. The van der Waals surface area contributed by atoms with Crippen LogP contribution in [-0.4, -0.2) is 46.7 Å². The van der Waals surface area contributed by atoms with E-state index in [1.54, 1.807) is 12.1 Å².